The summed E-state index contributed by atoms with van der Waals surface area (Å²) in [5.41, 5.74) is 4.03. The predicted octanol–water partition coefficient (Wildman–Crippen LogP) is 4.81. The van der Waals surface area contributed by atoms with E-state index < -0.39 is 0 Å². The Bertz CT molecular complexity index is 1070. The Morgan fingerprint density at radius 1 is 1.16 bits per heavy atom. The zero-order chi connectivity index (χ0) is 22.0. The molecule has 5 nitrogen and oxygen atoms in total. The summed E-state index contributed by atoms with van der Waals surface area (Å²) in [5, 5.41) is 0.939. The minimum absolute atomic E-state index is 0.0223. The lowest BCUT2D eigenvalue weighted by Gasteiger charge is -2.35. The normalized spacial score (nSPS) is 18.9. The maximum Gasteiger partial charge on any atom is 0.270 e. The van der Waals surface area contributed by atoms with Crippen LogP contribution in [0.1, 0.15) is 35.5 Å². The summed E-state index contributed by atoms with van der Waals surface area (Å²) in [7, 11) is 0. The number of hydrogen-bond donors (Lipinski definition) is 0. The number of morpholine rings is 1. The van der Waals surface area contributed by atoms with E-state index in [1.54, 1.807) is 6.08 Å². The van der Waals surface area contributed by atoms with Crippen LogP contribution in [-0.4, -0.2) is 47.3 Å². The van der Waals surface area contributed by atoms with Gasteiger partial charge in [0, 0.05) is 25.0 Å². The van der Waals surface area contributed by atoms with E-state index in [1.165, 1.54) is 5.56 Å². The van der Waals surface area contributed by atoms with Crippen molar-refractivity contribution in [1.82, 2.24) is 9.47 Å². The van der Waals surface area contributed by atoms with Gasteiger partial charge in [-0.3, -0.25) is 4.79 Å². The van der Waals surface area contributed by atoms with Crippen LogP contribution < -0.4 is 4.74 Å². The second kappa shape index (κ2) is 8.98. The van der Waals surface area contributed by atoms with Gasteiger partial charge in [0.25, 0.3) is 5.91 Å². The average molecular weight is 419 g/mol. The van der Waals surface area contributed by atoms with Gasteiger partial charge in [0.15, 0.2) is 0 Å². The van der Waals surface area contributed by atoms with Crippen molar-refractivity contribution in [1.29, 1.82) is 0 Å². The number of fused-ring (bicyclic) bond motifs is 1. The molecule has 162 valence electrons. The molecule has 1 aliphatic rings. The van der Waals surface area contributed by atoms with Gasteiger partial charge in [-0.2, -0.15) is 0 Å². The molecule has 0 unspecified atom stereocenters. The predicted molar refractivity (Wildman–Crippen MR) is 124 cm³/mol. The molecule has 31 heavy (non-hydrogen) atoms. The van der Waals surface area contributed by atoms with Crippen molar-refractivity contribution < 1.29 is 14.3 Å². The second-order valence-corrected chi connectivity index (χ2v) is 8.36. The number of hydrogen-bond acceptors (Lipinski definition) is 3. The monoisotopic (exact) mass is 418 g/mol. The van der Waals surface area contributed by atoms with E-state index in [-0.39, 0.29) is 18.1 Å². The molecule has 0 radical (unpaired) electrons. The molecule has 0 N–H and O–H groups in total. The van der Waals surface area contributed by atoms with E-state index in [1.807, 2.05) is 43.0 Å². The van der Waals surface area contributed by atoms with Crippen molar-refractivity contribution in [3.8, 4) is 5.75 Å². The van der Waals surface area contributed by atoms with Gasteiger partial charge in [0.1, 0.15) is 18.1 Å². The van der Waals surface area contributed by atoms with Crippen molar-refractivity contribution >= 4 is 16.8 Å². The average Bonchev–Trinajstić information content (AvgIpc) is 3.11. The van der Waals surface area contributed by atoms with Crippen LogP contribution in [0, 0.1) is 6.92 Å². The highest BCUT2D eigenvalue weighted by molar-refractivity contribution is 6.00. The fraction of sp³-hybridized carbons (Fsp3) is 0.346. The minimum Gasteiger partial charge on any atom is -0.489 e. The first kappa shape index (κ1) is 21.2. The summed E-state index contributed by atoms with van der Waals surface area (Å²) in [6, 6.07) is 16.4. The van der Waals surface area contributed by atoms with Crippen LogP contribution in [-0.2, 0) is 11.3 Å². The first-order valence-corrected chi connectivity index (χ1v) is 10.8. The SMILES string of the molecule is C=CCOc1cccc2c1cc(C(=O)N1C[C@@H](C)O[C@@H](C)C1)n2Cc1ccc(C)cc1. The van der Waals surface area contributed by atoms with E-state index in [4.69, 9.17) is 9.47 Å². The van der Waals surface area contributed by atoms with Gasteiger partial charge in [-0.25, -0.2) is 0 Å². The number of benzene rings is 2. The maximum absolute atomic E-state index is 13.6. The summed E-state index contributed by atoms with van der Waals surface area (Å²) in [4.78, 5) is 15.5. The van der Waals surface area contributed by atoms with Gasteiger partial charge >= 0.3 is 0 Å². The third kappa shape index (κ3) is 4.52. The van der Waals surface area contributed by atoms with Crippen LogP contribution >= 0.6 is 0 Å². The van der Waals surface area contributed by atoms with E-state index in [0.29, 0.717) is 31.9 Å². The molecule has 1 fully saturated rings. The zero-order valence-corrected chi connectivity index (χ0v) is 18.5. The van der Waals surface area contributed by atoms with E-state index in [0.717, 1.165) is 22.2 Å². The van der Waals surface area contributed by atoms with Crippen LogP contribution in [0.2, 0.25) is 0 Å². The van der Waals surface area contributed by atoms with Crippen molar-refractivity contribution in [3.63, 3.8) is 0 Å². The minimum atomic E-state index is 0.0223. The van der Waals surface area contributed by atoms with Crippen LogP contribution in [0.15, 0.2) is 61.2 Å². The summed E-state index contributed by atoms with van der Waals surface area (Å²) >= 11 is 0. The molecule has 0 bridgehead atoms. The van der Waals surface area contributed by atoms with Gasteiger partial charge in [0.05, 0.1) is 17.7 Å². The number of amides is 1. The number of carbonyl (C=O) groups excluding carboxylic acids is 1. The van der Waals surface area contributed by atoms with Crippen LogP contribution in [0.25, 0.3) is 10.9 Å². The molecule has 0 aliphatic carbocycles. The fourth-order valence-corrected chi connectivity index (χ4v) is 4.26. The quantitative estimate of drug-likeness (QED) is 0.540. The first-order valence-electron chi connectivity index (χ1n) is 10.8. The van der Waals surface area contributed by atoms with E-state index >= 15 is 0 Å². The van der Waals surface area contributed by atoms with Crippen LogP contribution in [0.4, 0.5) is 0 Å². The lowest BCUT2D eigenvalue weighted by atomic mass is 10.1. The Balaban J connectivity index is 1.78. The molecule has 1 amide bonds. The second-order valence-electron chi connectivity index (χ2n) is 8.36. The van der Waals surface area contributed by atoms with Gasteiger partial charge in [-0.15, -0.1) is 0 Å². The van der Waals surface area contributed by atoms with Gasteiger partial charge in [-0.1, -0.05) is 48.6 Å². The highest BCUT2D eigenvalue weighted by Crippen LogP contribution is 2.31. The molecule has 1 aliphatic heterocycles. The number of aromatic nitrogens is 1. The molecule has 5 heteroatoms. The largest absolute Gasteiger partial charge is 0.489 e. The maximum atomic E-state index is 13.6. The molecule has 4 rings (SSSR count). The third-order valence-corrected chi connectivity index (χ3v) is 5.65. The molecule has 1 saturated heterocycles. The molecule has 1 aromatic heterocycles. The van der Waals surface area contributed by atoms with Gasteiger partial charge < -0.3 is 18.9 Å². The number of rotatable bonds is 6. The van der Waals surface area contributed by atoms with Crippen molar-refractivity contribution in [2.24, 2.45) is 0 Å². The Kier molecular flexibility index (Phi) is 6.14. The van der Waals surface area contributed by atoms with Crippen molar-refractivity contribution in [3.05, 3.63) is 78.0 Å². The molecule has 2 aromatic carbocycles. The molecule has 0 spiro atoms. The Morgan fingerprint density at radius 3 is 2.55 bits per heavy atom. The smallest absolute Gasteiger partial charge is 0.270 e. The van der Waals surface area contributed by atoms with E-state index in [2.05, 4.69) is 42.3 Å². The highest BCUT2D eigenvalue weighted by atomic mass is 16.5. The summed E-state index contributed by atoms with van der Waals surface area (Å²) in [6.45, 7) is 12.1. The molecule has 2 atom stereocenters. The van der Waals surface area contributed by atoms with Crippen molar-refractivity contribution in [2.45, 2.75) is 39.5 Å². The lowest BCUT2D eigenvalue weighted by Crippen LogP contribution is -2.48. The lowest BCUT2D eigenvalue weighted by molar-refractivity contribution is -0.0588. The van der Waals surface area contributed by atoms with Gasteiger partial charge in [-0.05, 0) is 44.5 Å². The van der Waals surface area contributed by atoms with Crippen molar-refractivity contribution in [2.75, 3.05) is 19.7 Å². The van der Waals surface area contributed by atoms with Crippen LogP contribution in [0.5, 0.6) is 5.75 Å². The molecular formula is C26H30N2O3. The highest BCUT2D eigenvalue weighted by Gasteiger charge is 2.29. The van der Waals surface area contributed by atoms with E-state index in [9.17, 15) is 4.79 Å². The third-order valence-electron chi connectivity index (χ3n) is 5.65. The Labute approximate surface area is 183 Å². The fourth-order valence-electron chi connectivity index (χ4n) is 4.26. The summed E-state index contributed by atoms with van der Waals surface area (Å²) in [6.07, 6.45) is 1.77. The molecule has 2 heterocycles. The molecule has 3 aromatic rings. The van der Waals surface area contributed by atoms with Gasteiger partial charge in [0.2, 0.25) is 0 Å². The standard InChI is InChI=1S/C26H30N2O3/c1-5-13-30-25-8-6-7-23-22(25)14-24(26(29)27-15-19(3)31-20(4)16-27)28(23)17-21-11-9-18(2)10-12-21/h5-12,14,19-20H,1,13,15-17H2,2-4H3/t19-,20+. The first-order chi connectivity index (χ1) is 15.0. The number of aryl methyl sites for hydroxylation is 1. The Hall–Kier alpha value is -3.05. The number of nitrogens with zero attached hydrogens (tertiary/aromatic N) is 2. The summed E-state index contributed by atoms with van der Waals surface area (Å²) in [5.74, 6) is 0.790. The number of ether oxygens (including phenoxy) is 2. The molecule has 0 saturated carbocycles. The zero-order valence-electron chi connectivity index (χ0n) is 18.5. The number of carbonyl (C=O) groups is 1. The Morgan fingerprint density at radius 2 is 1.87 bits per heavy atom. The van der Waals surface area contributed by atoms with Crippen LogP contribution in [0.3, 0.4) is 0 Å². The topological polar surface area (TPSA) is 43.7 Å². The summed E-state index contributed by atoms with van der Waals surface area (Å²) < 4.78 is 13.8. The molecular weight excluding hydrogens is 388 g/mol.